The summed E-state index contributed by atoms with van der Waals surface area (Å²) in [7, 11) is -4.81. The van der Waals surface area contributed by atoms with E-state index < -0.39 is 33.6 Å². The highest BCUT2D eigenvalue weighted by molar-refractivity contribution is 7.91. The summed E-state index contributed by atoms with van der Waals surface area (Å²) in [5.74, 6) is 0.104. The molecule has 1 unspecified atom stereocenters. The third kappa shape index (κ3) is 5.21. The van der Waals surface area contributed by atoms with E-state index in [4.69, 9.17) is 9.47 Å². The molecule has 0 radical (unpaired) electrons. The van der Waals surface area contributed by atoms with Crippen LogP contribution in [0.25, 0.3) is 11.0 Å². The van der Waals surface area contributed by atoms with Crippen LogP contribution in [0.2, 0.25) is 0 Å². The zero-order chi connectivity index (χ0) is 26.1. The highest BCUT2D eigenvalue weighted by Crippen LogP contribution is 2.29. The number of rotatable bonds is 8. The fourth-order valence-corrected chi connectivity index (χ4v) is 6.47. The van der Waals surface area contributed by atoms with E-state index in [1.54, 1.807) is 24.3 Å². The molecule has 0 aliphatic carbocycles. The van der Waals surface area contributed by atoms with Crippen LogP contribution >= 0.6 is 0 Å². The standard InChI is InChI=1S/C23H20F3N3O5S2/c1-15-19(27-12-11-21(15)34-14-23(24,25)26)13-35(30)22-28-18-5-3-4-6-20(18)29(22)36(31,32)17-9-7-16(33-2)8-10-17/h3-12H,13-14H2,1-2H3. The van der Waals surface area contributed by atoms with Gasteiger partial charge >= 0.3 is 6.18 Å². The van der Waals surface area contributed by atoms with Crippen LogP contribution in [-0.2, 0) is 26.6 Å². The topological polar surface area (TPSA) is 100 Å². The van der Waals surface area contributed by atoms with Gasteiger partial charge in [0.15, 0.2) is 6.61 Å². The Balaban J connectivity index is 1.74. The van der Waals surface area contributed by atoms with Crippen molar-refractivity contribution in [1.29, 1.82) is 0 Å². The molecule has 1 atom stereocenters. The lowest BCUT2D eigenvalue weighted by molar-refractivity contribution is -0.153. The molecular weight excluding hydrogens is 519 g/mol. The van der Waals surface area contributed by atoms with E-state index in [9.17, 15) is 25.8 Å². The number of aromatic nitrogens is 3. The maximum atomic E-state index is 13.6. The zero-order valence-electron chi connectivity index (χ0n) is 19.0. The van der Waals surface area contributed by atoms with Crippen molar-refractivity contribution in [3.63, 3.8) is 0 Å². The minimum absolute atomic E-state index is 0.0614. The van der Waals surface area contributed by atoms with Crippen molar-refractivity contribution in [1.82, 2.24) is 13.9 Å². The van der Waals surface area contributed by atoms with Gasteiger partial charge in [0.1, 0.15) is 11.5 Å². The van der Waals surface area contributed by atoms with Gasteiger partial charge in [-0.3, -0.25) is 9.19 Å². The first-order valence-corrected chi connectivity index (χ1v) is 13.2. The highest BCUT2D eigenvalue weighted by Gasteiger charge is 2.30. The number of methoxy groups -OCH3 is 1. The largest absolute Gasteiger partial charge is 0.497 e. The van der Waals surface area contributed by atoms with E-state index >= 15 is 0 Å². The van der Waals surface area contributed by atoms with Gasteiger partial charge in [0.2, 0.25) is 5.16 Å². The Kier molecular flexibility index (Phi) is 7.05. The summed E-state index contributed by atoms with van der Waals surface area (Å²) < 4.78 is 89.2. The molecule has 2 aromatic carbocycles. The Morgan fingerprint density at radius 3 is 2.42 bits per heavy atom. The van der Waals surface area contributed by atoms with Crippen LogP contribution in [0.15, 0.2) is 70.8 Å². The zero-order valence-corrected chi connectivity index (χ0v) is 20.7. The second kappa shape index (κ2) is 9.90. The average Bonchev–Trinajstić information content (AvgIpc) is 3.25. The van der Waals surface area contributed by atoms with E-state index in [0.29, 0.717) is 11.3 Å². The van der Waals surface area contributed by atoms with Gasteiger partial charge in [0, 0.05) is 11.8 Å². The second-order valence-corrected chi connectivity index (χ2v) is 10.7. The predicted octanol–water partition coefficient (Wildman–Crippen LogP) is 4.23. The number of ether oxygens (including phenoxy) is 2. The minimum atomic E-state index is -4.53. The van der Waals surface area contributed by atoms with E-state index in [2.05, 4.69) is 9.97 Å². The molecule has 0 saturated carbocycles. The Morgan fingerprint density at radius 1 is 1.06 bits per heavy atom. The molecule has 190 valence electrons. The number of hydrogen-bond acceptors (Lipinski definition) is 7. The van der Waals surface area contributed by atoms with Gasteiger partial charge in [-0.2, -0.15) is 13.2 Å². The quantitative estimate of drug-likeness (QED) is 0.330. The summed E-state index contributed by atoms with van der Waals surface area (Å²) >= 11 is 0. The number of fused-ring (bicyclic) bond motifs is 1. The fourth-order valence-electron chi connectivity index (χ4n) is 3.42. The number of pyridine rings is 1. The third-order valence-electron chi connectivity index (χ3n) is 5.21. The molecule has 0 bridgehead atoms. The smallest absolute Gasteiger partial charge is 0.422 e. The molecule has 36 heavy (non-hydrogen) atoms. The van der Waals surface area contributed by atoms with Crippen molar-refractivity contribution in [2.45, 2.75) is 28.9 Å². The van der Waals surface area contributed by atoms with Crippen LogP contribution < -0.4 is 9.47 Å². The average molecular weight is 540 g/mol. The van der Waals surface area contributed by atoms with Crippen LogP contribution in [0.3, 0.4) is 0 Å². The van der Waals surface area contributed by atoms with Gasteiger partial charge in [-0.1, -0.05) is 12.1 Å². The first-order chi connectivity index (χ1) is 17.0. The van der Waals surface area contributed by atoms with E-state index in [1.807, 2.05) is 0 Å². The summed E-state index contributed by atoms with van der Waals surface area (Å²) in [6.07, 6.45) is -3.29. The van der Waals surface area contributed by atoms with Crippen molar-refractivity contribution < 1.29 is 35.3 Å². The van der Waals surface area contributed by atoms with Crippen molar-refractivity contribution in [2.75, 3.05) is 13.7 Å². The predicted molar refractivity (Wildman–Crippen MR) is 126 cm³/mol. The van der Waals surface area contributed by atoms with Gasteiger partial charge in [-0.05, 0) is 49.4 Å². The maximum absolute atomic E-state index is 13.6. The number of hydrogen-bond donors (Lipinski definition) is 0. The first-order valence-electron chi connectivity index (χ1n) is 10.4. The number of halogens is 3. The lowest BCUT2D eigenvalue weighted by Crippen LogP contribution is -2.20. The number of para-hydroxylation sites is 2. The normalized spacial score (nSPS) is 13.0. The summed E-state index contributed by atoms with van der Waals surface area (Å²) in [6.45, 7) is -0.00139. The molecule has 2 aromatic heterocycles. The van der Waals surface area contributed by atoms with Crippen LogP contribution in [0, 0.1) is 6.92 Å². The summed E-state index contributed by atoms with van der Waals surface area (Å²) in [6, 6.07) is 13.4. The van der Waals surface area contributed by atoms with Crippen LogP contribution in [0.4, 0.5) is 13.2 Å². The van der Waals surface area contributed by atoms with E-state index in [0.717, 1.165) is 3.97 Å². The van der Waals surface area contributed by atoms with Gasteiger partial charge in [0.05, 0.1) is 45.3 Å². The van der Waals surface area contributed by atoms with Gasteiger partial charge < -0.3 is 9.47 Å². The highest BCUT2D eigenvalue weighted by atomic mass is 32.2. The van der Waals surface area contributed by atoms with Gasteiger partial charge in [0.25, 0.3) is 10.0 Å². The van der Waals surface area contributed by atoms with Crippen molar-refractivity contribution >= 4 is 31.9 Å². The van der Waals surface area contributed by atoms with Crippen LogP contribution in [-0.4, -0.2) is 46.5 Å². The molecule has 0 amide bonds. The van der Waals surface area contributed by atoms with Gasteiger partial charge in [-0.25, -0.2) is 17.4 Å². The molecule has 0 saturated heterocycles. The molecule has 4 aromatic rings. The van der Waals surface area contributed by atoms with Crippen molar-refractivity contribution in [3.8, 4) is 11.5 Å². The molecule has 8 nitrogen and oxygen atoms in total. The molecule has 2 heterocycles. The molecule has 0 spiro atoms. The number of alkyl halides is 3. The number of imidazole rings is 1. The van der Waals surface area contributed by atoms with Crippen molar-refractivity contribution in [3.05, 3.63) is 72.1 Å². The lowest BCUT2D eigenvalue weighted by atomic mass is 10.2. The van der Waals surface area contributed by atoms with Crippen LogP contribution in [0.1, 0.15) is 11.3 Å². The maximum Gasteiger partial charge on any atom is 0.422 e. The number of benzene rings is 2. The lowest BCUT2D eigenvalue weighted by Gasteiger charge is -2.14. The Labute approximate surface area is 207 Å². The Hall–Kier alpha value is -3.45. The molecule has 13 heteroatoms. The molecule has 0 aliphatic heterocycles. The van der Waals surface area contributed by atoms with E-state index in [-0.39, 0.29) is 38.3 Å². The summed E-state index contributed by atoms with van der Waals surface area (Å²) in [4.78, 5) is 8.36. The summed E-state index contributed by atoms with van der Waals surface area (Å²) in [5.41, 5.74) is 0.984. The monoisotopic (exact) mass is 539 g/mol. The van der Waals surface area contributed by atoms with Crippen LogP contribution in [0.5, 0.6) is 11.5 Å². The SMILES string of the molecule is COc1ccc(S(=O)(=O)n2c(S(=O)Cc3nccc(OCC(F)(F)F)c3C)nc3ccccc32)cc1. The first kappa shape index (κ1) is 25.6. The summed E-state index contributed by atoms with van der Waals surface area (Å²) in [5, 5.41) is -0.241. The van der Waals surface area contributed by atoms with Gasteiger partial charge in [-0.15, -0.1) is 0 Å². The van der Waals surface area contributed by atoms with Crippen molar-refractivity contribution in [2.24, 2.45) is 0 Å². The molecular formula is C23H20F3N3O5S2. The molecule has 0 N–H and O–H groups in total. The number of nitrogens with zero attached hydrogens (tertiary/aromatic N) is 3. The Bertz CT molecular complexity index is 1540. The molecule has 4 rings (SSSR count). The molecule has 0 fully saturated rings. The Morgan fingerprint density at radius 2 is 1.75 bits per heavy atom. The molecule has 0 aliphatic rings. The second-order valence-electron chi connectivity index (χ2n) is 7.60. The minimum Gasteiger partial charge on any atom is -0.497 e. The van der Waals surface area contributed by atoms with E-state index in [1.165, 1.54) is 50.6 Å². The fraction of sp³-hybridized carbons (Fsp3) is 0.217. The third-order valence-corrected chi connectivity index (χ3v) is 8.26.